The molecule has 0 unspecified atom stereocenters. The molecule has 1 saturated heterocycles. The first-order valence-corrected chi connectivity index (χ1v) is 7.95. The third kappa shape index (κ3) is 5.14. The maximum Gasteiger partial charge on any atom is 0.0361 e. The van der Waals surface area contributed by atoms with Crippen LogP contribution in [0.2, 0.25) is 0 Å². The summed E-state index contributed by atoms with van der Waals surface area (Å²) >= 11 is 0. The van der Waals surface area contributed by atoms with Gasteiger partial charge in [0.1, 0.15) is 0 Å². The van der Waals surface area contributed by atoms with Gasteiger partial charge < -0.3 is 15.1 Å². The summed E-state index contributed by atoms with van der Waals surface area (Å²) in [5.74, 6) is 0. The highest BCUT2D eigenvalue weighted by Gasteiger charge is 2.08. The Bertz CT molecular complexity index is 366. The Labute approximate surface area is 124 Å². The molecule has 1 aliphatic rings. The van der Waals surface area contributed by atoms with Crippen molar-refractivity contribution < 1.29 is 0 Å². The molecule has 0 atom stereocenters. The fourth-order valence-electron chi connectivity index (χ4n) is 2.76. The van der Waals surface area contributed by atoms with E-state index < -0.39 is 0 Å². The predicted octanol–water partition coefficient (Wildman–Crippen LogP) is 2.72. The van der Waals surface area contributed by atoms with E-state index in [-0.39, 0.29) is 0 Å². The van der Waals surface area contributed by atoms with Gasteiger partial charge in [-0.25, -0.2) is 0 Å². The van der Waals surface area contributed by atoms with Gasteiger partial charge >= 0.3 is 0 Å². The van der Waals surface area contributed by atoms with Crippen molar-refractivity contribution in [1.29, 1.82) is 0 Å². The van der Waals surface area contributed by atoms with E-state index in [2.05, 4.69) is 53.5 Å². The van der Waals surface area contributed by atoms with E-state index in [1.54, 1.807) is 0 Å². The molecule has 0 amide bonds. The second-order valence-electron chi connectivity index (χ2n) is 5.99. The molecule has 0 aromatic heterocycles. The maximum absolute atomic E-state index is 3.55. The van der Waals surface area contributed by atoms with Crippen molar-refractivity contribution in [3.05, 3.63) is 29.8 Å². The van der Waals surface area contributed by atoms with Gasteiger partial charge in [0, 0.05) is 26.3 Å². The molecule has 112 valence electrons. The van der Waals surface area contributed by atoms with Gasteiger partial charge in [-0.15, -0.1) is 0 Å². The van der Waals surface area contributed by atoms with E-state index in [0.717, 1.165) is 13.1 Å². The van der Waals surface area contributed by atoms with E-state index in [9.17, 15) is 0 Å². The van der Waals surface area contributed by atoms with Crippen LogP contribution in [0.15, 0.2) is 24.3 Å². The largest absolute Gasteiger partial charge is 0.378 e. The number of hydrogen-bond donors (Lipinski definition) is 1. The number of benzene rings is 1. The second kappa shape index (κ2) is 8.28. The first-order valence-electron chi connectivity index (χ1n) is 7.95. The Balaban J connectivity index is 1.58. The number of rotatable bonds is 7. The molecule has 0 radical (unpaired) electrons. The maximum atomic E-state index is 3.55. The molecule has 1 aromatic carbocycles. The highest BCUT2D eigenvalue weighted by atomic mass is 15.1. The fraction of sp³-hybridized carbons (Fsp3) is 0.647. The lowest BCUT2D eigenvalue weighted by atomic mass is 10.1. The van der Waals surface area contributed by atoms with Gasteiger partial charge in [0.25, 0.3) is 0 Å². The van der Waals surface area contributed by atoms with Gasteiger partial charge in [0.2, 0.25) is 0 Å². The van der Waals surface area contributed by atoms with E-state index >= 15 is 0 Å². The molecule has 3 heteroatoms. The summed E-state index contributed by atoms with van der Waals surface area (Å²) in [7, 11) is 4.15. The van der Waals surface area contributed by atoms with Crippen LogP contribution in [-0.4, -0.2) is 45.2 Å². The SMILES string of the molecule is CN(C)c1ccc(CNCCCN2CCCCC2)cc1. The standard InChI is InChI=1S/C17H29N3/c1-19(2)17-9-7-16(8-10-17)15-18-11-6-14-20-12-4-3-5-13-20/h7-10,18H,3-6,11-15H2,1-2H3. The zero-order valence-corrected chi connectivity index (χ0v) is 13.1. The van der Waals surface area contributed by atoms with Crippen molar-refractivity contribution in [2.75, 3.05) is 45.2 Å². The smallest absolute Gasteiger partial charge is 0.0361 e. The Morgan fingerprint density at radius 1 is 1.05 bits per heavy atom. The van der Waals surface area contributed by atoms with Crippen molar-refractivity contribution in [2.45, 2.75) is 32.2 Å². The number of hydrogen-bond acceptors (Lipinski definition) is 3. The first-order chi connectivity index (χ1) is 9.75. The van der Waals surface area contributed by atoms with E-state index in [4.69, 9.17) is 0 Å². The average Bonchev–Trinajstić information content (AvgIpc) is 2.48. The number of piperidine rings is 1. The van der Waals surface area contributed by atoms with Crippen molar-refractivity contribution in [1.82, 2.24) is 10.2 Å². The zero-order valence-electron chi connectivity index (χ0n) is 13.1. The van der Waals surface area contributed by atoms with Gasteiger partial charge in [-0.1, -0.05) is 18.6 Å². The van der Waals surface area contributed by atoms with Crippen molar-refractivity contribution in [3.63, 3.8) is 0 Å². The fourth-order valence-corrected chi connectivity index (χ4v) is 2.76. The van der Waals surface area contributed by atoms with Crippen molar-refractivity contribution in [3.8, 4) is 0 Å². The molecule has 1 N–H and O–H groups in total. The lowest BCUT2D eigenvalue weighted by molar-refractivity contribution is 0.225. The normalized spacial score (nSPS) is 16.3. The Morgan fingerprint density at radius 2 is 1.75 bits per heavy atom. The molecule has 1 fully saturated rings. The summed E-state index contributed by atoms with van der Waals surface area (Å²) < 4.78 is 0. The molecule has 1 aromatic rings. The molecule has 0 aliphatic carbocycles. The van der Waals surface area contributed by atoms with Crippen LogP contribution in [0.5, 0.6) is 0 Å². The van der Waals surface area contributed by atoms with Crippen LogP contribution in [0, 0.1) is 0 Å². The summed E-state index contributed by atoms with van der Waals surface area (Å²) in [5.41, 5.74) is 2.63. The highest BCUT2D eigenvalue weighted by molar-refractivity contribution is 5.45. The molecule has 3 nitrogen and oxygen atoms in total. The summed E-state index contributed by atoms with van der Waals surface area (Å²) in [6, 6.07) is 8.80. The van der Waals surface area contributed by atoms with Crippen molar-refractivity contribution in [2.24, 2.45) is 0 Å². The van der Waals surface area contributed by atoms with Crippen molar-refractivity contribution >= 4 is 5.69 Å². The molecule has 0 spiro atoms. The monoisotopic (exact) mass is 275 g/mol. The van der Waals surface area contributed by atoms with Crippen LogP contribution < -0.4 is 10.2 Å². The van der Waals surface area contributed by atoms with Gasteiger partial charge in [0.15, 0.2) is 0 Å². The average molecular weight is 275 g/mol. The highest BCUT2D eigenvalue weighted by Crippen LogP contribution is 2.12. The van der Waals surface area contributed by atoms with Crippen LogP contribution in [0.3, 0.4) is 0 Å². The molecular formula is C17H29N3. The van der Waals surface area contributed by atoms with Gasteiger partial charge in [-0.3, -0.25) is 0 Å². The van der Waals surface area contributed by atoms with E-state index in [0.29, 0.717) is 0 Å². The Kier molecular flexibility index (Phi) is 6.34. The zero-order chi connectivity index (χ0) is 14.2. The Morgan fingerprint density at radius 3 is 2.40 bits per heavy atom. The van der Waals surface area contributed by atoms with Gasteiger partial charge in [0.05, 0.1) is 0 Å². The molecule has 20 heavy (non-hydrogen) atoms. The van der Waals surface area contributed by atoms with Crippen LogP contribution in [-0.2, 0) is 6.54 Å². The van der Waals surface area contributed by atoms with Crippen LogP contribution in [0.25, 0.3) is 0 Å². The quantitative estimate of drug-likeness (QED) is 0.772. The predicted molar refractivity (Wildman–Crippen MR) is 87.4 cm³/mol. The van der Waals surface area contributed by atoms with Crippen LogP contribution >= 0.6 is 0 Å². The minimum absolute atomic E-state index is 0.980. The summed E-state index contributed by atoms with van der Waals surface area (Å²) in [6.45, 7) is 5.98. The summed E-state index contributed by atoms with van der Waals surface area (Å²) in [5, 5.41) is 3.55. The minimum atomic E-state index is 0.980. The molecule has 0 bridgehead atoms. The third-order valence-corrected chi connectivity index (χ3v) is 4.06. The Hall–Kier alpha value is -1.06. The first kappa shape index (κ1) is 15.3. The van der Waals surface area contributed by atoms with Gasteiger partial charge in [-0.2, -0.15) is 0 Å². The lowest BCUT2D eigenvalue weighted by Crippen LogP contribution is -2.32. The van der Waals surface area contributed by atoms with Gasteiger partial charge in [-0.05, 0) is 63.1 Å². The molecular weight excluding hydrogens is 246 g/mol. The minimum Gasteiger partial charge on any atom is -0.378 e. The molecule has 2 rings (SSSR count). The van der Waals surface area contributed by atoms with Crippen LogP contribution in [0.1, 0.15) is 31.2 Å². The summed E-state index contributed by atoms with van der Waals surface area (Å²) in [6.07, 6.45) is 5.48. The lowest BCUT2D eigenvalue weighted by Gasteiger charge is -2.26. The van der Waals surface area contributed by atoms with Crippen LogP contribution in [0.4, 0.5) is 5.69 Å². The molecule has 1 heterocycles. The number of anilines is 1. The molecule has 0 saturated carbocycles. The number of likely N-dealkylation sites (tertiary alicyclic amines) is 1. The van der Waals surface area contributed by atoms with E-state index in [1.807, 2.05) is 0 Å². The molecule has 1 aliphatic heterocycles. The number of nitrogens with one attached hydrogen (secondary N) is 1. The summed E-state index contributed by atoms with van der Waals surface area (Å²) in [4.78, 5) is 4.74. The third-order valence-electron chi connectivity index (χ3n) is 4.06. The number of nitrogens with zero attached hydrogens (tertiary/aromatic N) is 2. The van der Waals surface area contributed by atoms with E-state index in [1.165, 1.54) is 56.6 Å². The second-order valence-corrected chi connectivity index (χ2v) is 5.99. The topological polar surface area (TPSA) is 18.5 Å².